The molecule has 2 aliphatic heterocycles. The van der Waals surface area contributed by atoms with Crippen LogP contribution in [0, 0.1) is 11.2 Å². The van der Waals surface area contributed by atoms with Gasteiger partial charge in [0.2, 0.25) is 5.17 Å². The monoisotopic (exact) mass is 452 g/mol. The van der Waals surface area contributed by atoms with Crippen molar-refractivity contribution in [1.29, 1.82) is 5.41 Å². The molecule has 10 heteroatoms. The molecule has 0 bridgehead atoms. The van der Waals surface area contributed by atoms with Gasteiger partial charge < -0.3 is 9.47 Å². The Balaban J connectivity index is 1.61. The van der Waals surface area contributed by atoms with E-state index < -0.39 is 17.7 Å². The number of nitrogens with one attached hydrogen (secondary N) is 1. The Morgan fingerprint density at radius 3 is 2.75 bits per heavy atom. The Labute approximate surface area is 186 Å². The van der Waals surface area contributed by atoms with Crippen molar-refractivity contribution in [2.75, 3.05) is 7.11 Å². The van der Waals surface area contributed by atoms with Crippen LogP contribution in [0.3, 0.4) is 0 Å². The first-order valence-electron chi connectivity index (χ1n) is 9.55. The predicted molar refractivity (Wildman–Crippen MR) is 120 cm³/mol. The maximum Gasteiger partial charge on any atom is 0.346 e. The molecule has 0 spiro atoms. The molecule has 0 aromatic heterocycles. The molecule has 0 atom stereocenters. The number of benzene rings is 2. The van der Waals surface area contributed by atoms with Crippen molar-refractivity contribution >= 4 is 45.8 Å². The van der Waals surface area contributed by atoms with E-state index in [1.54, 1.807) is 6.07 Å². The molecule has 0 aliphatic carbocycles. The Morgan fingerprint density at radius 2 is 2.03 bits per heavy atom. The predicted octanol–water partition coefficient (Wildman–Crippen LogP) is 4.08. The average Bonchev–Trinajstić information content (AvgIpc) is 3.21. The highest BCUT2D eigenvalue weighted by Gasteiger charge is 2.35. The lowest BCUT2D eigenvalue weighted by Crippen LogP contribution is -2.35. The SMILES string of the molecule is CCC1=NN2C(=N)C(=Cc3ccc(OC(=O)c4ccccc4F)c(OC)c3)C(=O)N=C2S1. The molecule has 0 unspecified atom stereocenters. The largest absolute Gasteiger partial charge is 0.493 e. The van der Waals surface area contributed by atoms with E-state index in [2.05, 4.69) is 10.1 Å². The molecule has 162 valence electrons. The quantitative estimate of drug-likeness (QED) is 0.416. The van der Waals surface area contributed by atoms with Gasteiger partial charge in [0, 0.05) is 0 Å². The molecule has 1 amide bonds. The minimum absolute atomic E-state index is 0.0635. The lowest BCUT2D eigenvalue weighted by Gasteiger charge is -2.20. The number of hydrazone groups is 1. The van der Waals surface area contributed by atoms with E-state index in [-0.39, 0.29) is 28.5 Å². The number of halogens is 1. The van der Waals surface area contributed by atoms with E-state index in [4.69, 9.17) is 14.9 Å². The van der Waals surface area contributed by atoms with E-state index in [0.29, 0.717) is 17.2 Å². The number of thioether (sulfide) groups is 1. The van der Waals surface area contributed by atoms with Crippen molar-refractivity contribution in [1.82, 2.24) is 5.01 Å². The van der Waals surface area contributed by atoms with Gasteiger partial charge in [-0.15, -0.1) is 0 Å². The van der Waals surface area contributed by atoms with Gasteiger partial charge >= 0.3 is 5.97 Å². The lowest BCUT2D eigenvalue weighted by molar-refractivity contribution is -0.114. The van der Waals surface area contributed by atoms with Crippen LogP contribution in [0.2, 0.25) is 0 Å². The molecular weight excluding hydrogens is 435 g/mol. The van der Waals surface area contributed by atoms with Crippen LogP contribution in [0.5, 0.6) is 11.5 Å². The maximum atomic E-state index is 13.8. The maximum absolute atomic E-state index is 13.8. The van der Waals surface area contributed by atoms with Crippen molar-refractivity contribution in [2.45, 2.75) is 13.3 Å². The first-order valence-corrected chi connectivity index (χ1v) is 10.4. The fourth-order valence-electron chi connectivity index (χ4n) is 2.98. The smallest absolute Gasteiger partial charge is 0.346 e. The summed E-state index contributed by atoms with van der Waals surface area (Å²) in [4.78, 5) is 28.8. The van der Waals surface area contributed by atoms with Gasteiger partial charge in [-0.1, -0.05) is 25.1 Å². The molecule has 0 saturated heterocycles. The highest BCUT2D eigenvalue weighted by molar-refractivity contribution is 8.26. The molecular formula is C22H17FN4O4S. The van der Waals surface area contributed by atoms with Crippen LogP contribution < -0.4 is 9.47 Å². The second-order valence-corrected chi connectivity index (χ2v) is 7.69. The van der Waals surface area contributed by atoms with Gasteiger partial charge in [-0.3, -0.25) is 10.2 Å². The number of hydrogen-bond acceptors (Lipinski definition) is 7. The lowest BCUT2D eigenvalue weighted by atomic mass is 10.1. The Hall–Kier alpha value is -3.79. The summed E-state index contributed by atoms with van der Waals surface area (Å²) in [7, 11) is 1.39. The second kappa shape index (κ2) is 8.75. The van der Waals surface area contributed by atoms with Gasteiger partial charge in [0.05, 0.1) is 18.2 Å². The van der Waals surface area contributed by atoms with Crippen LogP contribution in [0.25, 0.3) is 6.08 Å². The Bertz CT molecular complexity index is 1240. The van der Waals surface area contributed by atoms with Crippen molar-refractivity contribution in [3.05, 3.63) is 65.0 Å². The third kappa shape index (κ3) is 4.04. The number of amidine groups is 2. The summed E-state index contributed by atoms with van der Waals surface area (Å²) < 4.78 is 24.4. The molecule has 8 nitrogen and oxygen atoms in total. The normalized spacial score (nSPS) is 16.6. The number of nitrogens with zero attached hydrogens (tertiary/aromatic N) is 3. The zero-order chi connectivity index (χ0) is 22.8. The number of carbonyl (C=O) groups excluding carboxylic acids is 2. The minimum atomic E-state index is -0.866. The van der Waals surface area contributed by atoms with E-state index in [1.807, 2.05) is 6.92 Å². The van der Waals surface area contributed by atoms with Crippen LogP contribution in [-0.2, 0) is 4.79 Å². The molecule has 2 aromatic carbocycles. The van der Waals surface area contributed by atoms with Crippen molar-refractivity contribution in [3.8, 4) is 11.5 Å². The van der Waals surface area contributed by atoms with E-state index in [1.165, 1.54) is 66.4 Å². The van der Waals surface area contributed by atoms with Crippen molar-refractivity contribution in [2.24, 2.45) is 10.1 Å². The van der Waals surface area contributed by atoms with Crippen molar-refractivity contribution < 1.29 is 23.5 Å². The number of esters is 1. The summed E-state index contributed by atoms with van der Waals surface area (Å²) in [5.41, 5.74) is 0.380. The summed E-state index contributed by atoms with van der Waals surface area (Å²) in [6.07, 6.45) is 2.16. The summed E-state index contributed by atoms with van der Waals surface area (Å²) in [5, 5.41) is 15.1. The number of amides is 1. The number of fused-ring (bicyclic) bond motifs is 1. The first kappa shape index (κ1) is 21.4. The van der Waals surface area contributed by atoms with Gasteiger partial charge in [-0.2, -0.15) is 15.1 Å². The Morgan fingerprint density at radius 1 is 1.25 bits per heavy atom. The molecule has 4 rings (SSSR count). The highest BCUT2D eigenvalue weighted by atomic mass is 32.2. The third-order valence-electron chi connectivity index (χ3n) is 4.59. The van der Waals surface area contributed by atoms with Crippen LogP contribution >= 0.6 is 11.8 Å². The molecule has 0 saturated carbocycles. The van der Waals surface area contributed by atoms with E-state index in [9.17, 15) is 14.0 Å². The number of aliphatic imine (C=N–C) groups is 1. The standard InChI is InChI=1S/C22H17FN4O4S/c1-3-18-26-27-19(24)14(20(28)25-22(27)32-18)10-12-8-9-16(17(11-12)30-2)31-21(29)13-6-4-5-7-15(13)23/h4-11,24H,3H2,1-2H3. The zero-order valence-electron chi connectivity index (χ0n) is 17.1. The van der Waals surface area contributed by atoms with Gasteiger partial charge in [0.15, 0.2) is 17.3 Å². The van der Waals surface area contributed by atoms with Gasteiger partial charge in [0.1, 0.15) is 10.9 Å². The van der Waals surface area contributed by atoms with Gasteiger partial charge in [0.25, 0.3) is 5.91 Å². The number of hydrogen-bond donors (Lipinski definition) is 1. The molecule has 2 aliphatic rings. The topological polar surface area (TPSA) is 104 Å². The van der Waals surface area contributed by atoms with Gasteiger partial charge in [-0.25, -0.2) is 9.18 Å². The van der Waals surface area contributed by atoms with Gasteiger partial charge in [-0.05, 0) is 54.1 Å². The fourth-order valence-corrected chi connectivity index (χ4v) is 3.81. The number of methoxy groups -OCH3 is 1. The summed E-state index contributed by atoms with van der Waals surface area (Å²) in [5.74, 6) is -1.90. The molecule has 1 N–H and O–H groups in total. The van der Waals surface area contributed by atoms with Crippen LogP contribution in [0.1, 0.15) is 29.3 Å². The van der Waals surface area contributed by atoms with E-state index in [0.717, 1.165) is 5.04 Å². The highest BCUT2D eigenvalue weighted by Crippen LogP contribution is 2.32. The molecule has 0 radical (unpaired) electrons. The first-order chi connectivity index (χ1) is 15.4. The number of carbonyl (C=O) groups is 2. The third-order valence-corrected chi connectivity index (χ3v) is 5.65. The average molecular weight is 452 g/mol. The van der Waals surface area contributed by atoms with E-state index >= 15 is 0 Å². The molecule has 32 heavy (non-hydrogen) atoms. The second-order valence-electron chi connectivity index (χ2n) is 6.65. The molecule has 2 heterocycles. The minimum Gasteiger partial charge on any atom is -0.493 e. The fraction of sp³-hybridized carbons (Fsp3) is 0.136. The summed E-state index contributed by atoms with van der Waals surface area (Å²) >= 11 is 1.27. The molecule has 0 fully saturated rings. The van der Waals surface area contributed by atoms with Crippen molar-refractivity contribution in [3.63, 3.8) is 0 Å². The zero-order valence-corrected chi connectivity index (χ0v) is 17.9. The van der Waals surface area contributed by atoms with Crippen LogP contribution in [0.15, 0.2) is 58.1 Å². The summed E-state index contributed by atoms with van der Waals surface area (Å²) in [6.45, 7) is 1.93. The van der Waals surface area contributed by atoms with Crippen LogP contribution in [0.4, 0.5) is 4.39 Å². The molecule has 2 aromatic rings. The number of ether oxygens (including phenoxy) is 2. The Kier molecular flexibility index (Phi) is 5.87. The number of rotatable bonds is 5. The van der Waals surface area contributed by atoms with Crippen LogP contribution in [-0.4, -0.2) is 40.0 Å². The summed E-state index contributed by atoms with van der Waals surface area (Å²) in [6, 6.07) is 10.1.